The molecule has 2 atom stereocenters. The number of rotatable bonds is 10. The molecule has 27 heavy (non-hydrogen) atoms. The molecule has 10 nitrogen and oxygen atoms in total. The molecule has 0 bridgehead atoms. The van der Waals surface area contributed by atoms with Gasteiger partial charge in [0.25, 0.3) is 0 Å². The molecule has 148 valence electrons. The lowest BCUT2D eigenvalue weighted by Gasteiger charge is -2.20. The Hall–Kier alpha value is -2.79. The maximum Gasteiger partial charge on any atom is 0.322 e. The second-order valence-electron chi connectivity index (χ2n) is 5.61. The van der Waals surface area contributed by atoms with Crippen molar-refractivity contribution in [3.8, 4) is 5.75 Å². The highest BCUT2D eigenvalue weighted by Gasteiger charge is 2.24. The van der Waals surface area contributed by atoms with Crippen molar-refractivity contribution in [2.75, 3.05) is 18.8 Å². The Morgan fingerprint density at radius 2 is 1.67 bits per heavy atom. The minimum atomic E-state index is -1.21. The zero-order valence-corrected chi connectivity index (χ0v) is 15.2. The van der Waals surface area contributed by atoms with E-state index in [9.17, 15) is 24.3 Å². The van der Waals surface area contributed by atoms with E-state index in [4.69, 9.17) is 10.8 Å². The number of phenols is 1. The van der Waals surface area contributed by atoms with E-state index in [2.05, 4.69) is 28.6 Å². The van der Waals surface area contributed by atoms with Gasteiger partial charge in [0.15, 0.2) is 0 Å². The van der Waals surface area contributed by atoms with Crippen molar-refractivity contribution in [1.29, 1.82) is 0 Å². The number of carbonyl (C=O) groups is 4. The van der Waals surface area contributed by atoms with Gasteiger partial charge in [-0.15, -0.1) is 0 Å². The van der Waals surface area contributed by atoms with Crippen molar-refractivity contribution < 1.29 is 29.4 Å². The summed E-state index contributed by atoms with van der Waals surface area (Å²) in [4.78, 5) is 46.3. The number of hydrogen-bond acceptors (Lipinski definition) is 7. The van der Waals surface area contributed by atoms with E-state index in [1.54, 1.807) is 12.1 Å². The van der Waals surface area contributed by atoms with Crippen molar-refractivity contribution in [2.24, 2.45) is 5.73 Å². The van der Waals surface area contributed by atoms with Crippen LogP contribution < -0.4 is 21.7 Å². The Balaban J connectivity index is 2.74. The van der Waals surface area contributed by atoms with Crippen LogP contribution in [0.1, 0.15) is 5.56 Å². The summed E-state index contributed by atoms with van der Waals surface area (Å²) in [7, 11) is 0. The fraction of sp³-hybridized carbons (Fsp3) is 0.375. The van der Waals surface area contributed by atoms with Crippen LogP contribution in [0.3, 0.4) is 0 Å². The number of carboxylic acids is 1. The quantitative estimate of drug-likeness (QED) is 0.223. The number of carboxylic acid groups (broad SMARTS) is 1. The van der Waals surface area contributed by atoms with Gasteiger partial charge in [0.05, 0.1) is 12.6 Å². The third-order valence-electron chi connectivity index (χ3n) is 3.40. The summed E-state index contributed by atoms with van der Waals surface area (Å²) in [6.45, 7) is -1.02. The van der Waals surface area contributed by atoms with Crippen LogP contribution in [-0.2, 0) is 25.6 Å². The smallest absolute Gasteiger partial charge is 0.322 e. The fourth-order valence-corrected chi connectivity index (χ4v) is 2.13. The second-order valence-corrected chi connectivity index (χ2v) is 5.97. The lowest BCUT2D eigenvalue weighted by atomic mass is 10.0. The van der Waals surface area contributed by atoms with Crippen LogP contribution in [0.4, 0.5) is 0 Å². The molecule has 0 spiro atoms. The number of amides is 3. The van der Waals surface area contributed by atoms with Gasteiger partial charge in [-0.25, -0.2) is 0 Å². The first kappa shape index (κ1) is 22.3. The molecule has 7 N–H and O–H groups in total. The Morgan fingerprint density at radius 1 is 1.04 bits per heavy atom. The lowest BCUT2D eigenvalue weighted by molar-refractivity contribution is -0.138. The summed E-state index contributed by atoms with van der Waals surface area (Å²) in [5.41, 5.74) is 6.25. The topological polar surface area (TPSA) is 171 Å². The molecule has 1 aromatic carbocycles. The molecule has 0 aliphatic heterocycles. The van der Waals surface area contributed by atoms with Crippen molar-refractivity contribution >= 4 is 36.3 Å². The zero-order chi connectivity index (χ0) is 20.4. The van der Waals surface area contributed by atoms with Crippen molar-refractivity contribution in [3.05, 3.63) is 29.8 Å². The average molecular weight is 398 g/mol. The van der Waals surface area contributed by atoms with Crippen molar-refractivity contribution in [3.63, 3.8) is 0 Å². The maximum absolute atomic E-state index is 12.4. The zero-order valence-electron chi connectivity index (χ0n) is 14.3. The highest BCUT2D eigenvalue weighted by Crippen LogP contribution is 2.11. The molecular formula is C16H22N4O6S. The van der Waals surface area contributed by atoms with Gasteiger partial charge < -0.3 is 31.9 Å². The highest BCUT2D eigenvalue weighted by atomic mass is 32.1. The van der Waals surface area contributed by atoms with Gasteiger partial charge in [-0.2, -0.15) is 12.6 Å². The van der Waals surface area contributed by atoms with Crippen LogP contribution in [-0.4, -0.2) is 64.8 Å². The van der Waals surface area contributed by atoms with E-state index in [-0.39, 0.29) is 17.9 Å². The first-order valence-corrected chi connectivity index (χ1v) is 8.57. The lowest BCUT2D eigenvalue weighted by Crippen LogP contribution is -2.54. The Bertz CT molecular complexity index is 682. The van der Waals surface area contributed by atoms with Gasteiger partial charge in [-0.1, -0.05) is 12.1 Å². The first-order valence-electron chi connectivity index (χ1n) is 7.93. The van der Waals surface area contributed by atoms with E-state index >= 15 is 0 Å². The van der Waals surface area contributed by atoms with E-state index in [0.29, 0.717) is 5.56 Å². The number of hydrogen-bond donors (Lipinski definition) is 7. The number of thiol groups is 1. The number of nitrogens with one attached hydrogen (secondary N) is 3. The average Bonchev–Trinajstić information content (AvgIpc) is 2.64. The van der Waals surface area contributed by atoms with Crippen LogP contribution in [0.25, 0.3) is 0 Å². The highest BCUT2D eigenvalue weighted by molar-refractivity contribution is 7.80. The number of carbonyl (C=O) groups excluding carboxylic acids is 3. The molecule has 1 rings (SSSR count). The minimum absolute atomic E-state index is 0.0518. The molecule has 2 unspecified atom stereocenters. The molecule has 0 saturated heterocycles. The summed E-state index contributed by atoms with van der Waals surface area (Å²) < 4.78 is 0. The van der Waals surface area contributed by atoms with Gasteiger partial charge >= 0.3 is 5.97 Å². The van der Waals surface area contributed by atoms with E-state index in [1.807, 2.05) is 0 Å². The van der Waals surface area contributed by atoms with Gasteiger partial charge in [-0.05, 0) is 17.7 Å². The van der Waals surface area contributed by atoms with E-state index < -0.39 is 48.9 Å². The van der Waals surface area contributed by atoms with E-state index in [1.165, 1.54) is 12.1 Å². The van der Waals surface area contributed by atoms with Gasteiger partial charge in [0.1, 0.15) is 18.3 Å². The van der Waals surface area contributed by atoms with Gasteiger partial charge in [-0.3, -0.25) is 19.2 Å². The third-order valence-corrected chi connectivity index (χ3v) is 3.80. The number of phenolic OH excluding ortho intramolecular Hbond substituents is 1. The summed E-state index contributed by atoms with van der Waals surface area (Å²) in [5, 5.41) is 24.8. The predicted molar refractivity (Wildman–Crippen MR) is 99.2 cm³/mol. The molecular weight excluding hydrogens is 376 g/mol. The maximum atomic E-state index is 12.4. The van der Waals surface area contributed by atoms with Crippen LogP contribution >= 0.6 is 12.6 Å². The molecule has 1 aromatic rings. The summed E-state index contributed by atoms with van der Waals surface area (Å²) >= 11 is 3.93. The number of nitrogens with two attached hydrogens (primary N) is 1. The summed E-state index contributed by atoms with van der Waals surface area (Å²) in [6, 6.07) is 4.10. The van der Waals surface area contributed by atoms with Crippen LogP contribution in [0.2, 0.25) is 0 Å². The van der Waals surface area contributed by atoms with Gasteiger partial charge in [0, 0.05) is 12.2 Å². The van der Waals surface area contributed by atoms with Gasteiger partial charge in [0.2, 0.25) is 17.7 Å². The second kappa shape index (κ2) is 11.0. The fourth-order valence-electron chi connectivity index (χ4n) is 1.97. The van der Waals surface area contributed by atoms with E-state index in [0.717, 1.165) is 0 Å². The molecule has 0 radical (unpaired) electrons. The normalized spacial score (nSPS) is 12.5. The molecule has 0 aromatic heterocycles. The van der Waals surface area contributed by atoms with Crippen molar-refractivity contribution in [2.45, 2.75) is 18.5 Å². The molecule has 11 heteroatoms. The number of aliphatic carboxylic acids is 1. The first-order chi connectivity index (χ1) is 12.7. The standard InChI is InChI=1S/C16H22N4O6S/c17-11(8-27)15(25)20-12(5-9-1-3-10(21)4-2-9)16(26)19-6-13(22)18-7-14(23)24/h1-4,11-12,21,27H,5-8,17H2,(H,18,22)(H,19,26)(H,20,25)(H,23,24). The SMILES string of the molecule is NC(CS)C(=O)NC(Cc1ccc(O)cc1)C(=O)NCC(=O)NCC(=O)O. The Kier molecular flexibility index (Phi) is 9.09. The number of aromatic hydroxyl groups is 1. The molecule has 0 fully saturated rings. The van der Waals surface area contributed by atoms with Crippen LogP contribution in [0, 0.1) is 0 Å². The van der Waals surface area contributed by atoms with Crippen molar-refractivity contribution in [1.82, 2.24) is 16.0 Å². The number of benzene rings is 1. The summed E-state index contributed by atoms with van der Waals surface area (Å²) in [5.74, 6) is -3.00. The molecule has 0 saturated carbocycles. The molecule has 3 amide bonds. The largest absolute Gasteiger partial charge is 0.508 e. The third kappa shape index (κ3) is 8.42. The van der Waals surface area contributed by atoms with Crippen LogP contribution in [0.5, 0.6) is 5.75 Å². The Labute approximate surface area is 160 Å². The summed E-state index contributed by atoms with van der Waals surface area (Å²) in [6.07, 6.45) is 0.0912. The molecule has 0 aliphatic carbocycles. The Morgan fingerprint density at radius 3 is 2.22 bits per heavy atom. The minimum Gasteiger partial charge on any atom is -0.508 e. The molecule has 0 heterocycles. The van der Waals surface area contributed by atoms with Crippen LogP contribution in [0.15, 0.2) is 24.3 Å². The monoisotopic (exact) mass is 398 g/mol. The predicted octanol–water partition coefficient (Wildman–Crippen LogP) is -2.01. The molecule has 0 aliphatic rings.